The molecular formula is C13H17N5O2S. The van der Waals surface area contributed by atoms with Crippen LogP contribution in [0.2, 0.25) is 0 Å². The van der Waals surface area contributed by atoms with Crippen LogP contribution in [0.1, 0.15) is 23.2 Å². The van der Waals surface area contributed by atoms with Crippen LogP contribution in [0, 0.1) is 0 Å². The lowest BCUT2D eigenvalue weighted by Gasteiger charge is -2.26. The highest BCUT2D eigenvalue weighted by atomic mass is 32.1. The zero-order valence-corrected chi connectivity index (χ0v) is 12.9. The molecule has 2 aromatic heterocycles. The van der Waals surface area contributed by atoms with Gasteiger partial charge in [-0.15, -0.1) is 10.2 Å². The van der Waals surface area contributed by atoms with Crippen LogP contribution in [0.5, 0.6) is 5.19 Å². The Morgan fingerprint density at radius 2 is 2.29 bits per heavy atom. The Labute approximate surface area is 126 Å². The molecule has 1 aliphatic rings. The predicted molar refractivity (Wildman–Crippen MR) is 78.4 cm³/mol. The van der Waals surface area contributed by atoms with Crippen LogP contribution in [0.3, 0.4) is 0 Å². The number of aryl methyl sites for hydroxylation is 1. The molecular weight excluding hydrogens is 290 g/mol. The van der Waals surface area contributed by atoms with E-state index in [0.717, 1.165) is 42.3 Å². The lowest BCUT2D eigenvalue weighted by atomic mass is 10.1. The third-order valence-corrected chi connectivity index (χ3v) is 4.21. The van der Waals surface area contributed by atoms with Gasteiger partial charge in [0, 0.05) is 32.6 Å². The average Bonchev–Trinajstić information content (AvgIpc) is 2.88. The molecule has 0 radical (unpaired) electrons. The van der Waals surface area contributed by atoms with Gasteiger partial charge in [-0.2, -0.15) is 5.10 Å². The Balaban J connectivity index is 1.70. The van der Waals surface area contributed by atoms with Gasteiger partial charge >= 0.3 is 0 Å². The lowest BCUT2D eigenvalue weighted by molar-refractivity contribution is 0.240. The molecule has 112 valence electrons. The first-order valence-corrected chi connectivity index (χ1v) is 7.71. The quantitative estimate of drug-likeness (QED) is 0.823. The summed E-state index contributed by atoms with van der Waals surface area (Å²) in [4.78, 5) is 13.9. The molecule has 1 aliphatic heterocycles. The molecule has 7 nitrogen and oxygen atoms in total. The van der Waals surface area contributed by atoms with E-state index in [1.807, 2.05) is 6.92 Å². The van der Waals surface area contributed by atoms with E-state index in [1.165, 1.54) is 16.0 Å². The SMILES string of the molecule is CCOc1nnc(CN2CCc3nn(C)c(=O)cc3C2)s1. The van der Waals surface area contributed by atoms with Crippen molar-refractivity contribution in [2.45, 2.75) is 26.4 Å². The fourth-order valence-electron chi connectivity index (χ4n) is 2.36. The van der Waals surface area contributed by atoms with E-state index in [4.69, 9.17) is 4.74 Å². The summed E-state index contributed by atoms with van der Waals surface area (Å²) < 4.78 is 6.73. The topological polar surface area (TPSA) is 73.1 Å². The Hall–Kier alpha value is -1.80. The van der Waals surface area contributed by atoms with Crippen molar-refractivity contribution in [1.82, 2.24) is 24.9 Å². The van der Waals surface area contributed by atoms with Crippen LogP contribution in [-0.2, 0) is 26.6 Å². The minimum absolute atomic E-state index is 0.0647. The second-order valence-electron chi connectivity index (χ2n) is 4.93. The molecule has 3 rings (SSSR count). The van der Waals surface area contributed by atoms with E-state index in [9.17, 15) is 4.79 Å². The molecule has 2 aromatic rings. The van der Waals surface area contributed by atoms with Crippen LogP contribution in [0.15, 0.2) is 10.9 Å². The lowest BCUT2D eigenvalue weighted by Crippen LogP contribution is -2.33. The molecule has 8 heteroatoms. The third kappa shape index (κ3) is 3.11. The maximum Gasteiger partial charge on any atom is 0.294 e. The van der Waals surface area contributed by atoms with E-state index in [-0.39, 0.29) is 5.56 Å². The van der Waals surface area contributed by atoms with Crippen molar-refractivity contribution in [2.75, 3.05) is 13.2 Å². The summed E-state index contributed by atoms with van der Waals surface area (Å²) in [5.41, 5.74) is 1.96. The summed E-state index contributed by atoms with van der Waals surface area (Å²) >= 11 is 1.47. The fraction of sp³-hybridized carbons (Fsp3) is 0.538. The van der Waals surface area contributed by atoms with Crippen molar-refractivity contribution >= 4 is 11.3 Å². The summed E-state index contributed by atoms with van der Waals surface area (Å²) in [6, 6.07) is 1.68. The van der Waals surface area contributed by atoms with E-state index in [1.54, 1.807) is 13.1 Å². The van der Waals surface area contributed by atoms with Crippen molar-refractivity contribution in [2.24, 2.45) is 7.05 Å². The Kier molecular flexibility index (Phi) is 3.98. The first kappa shape index (κ1) is 14.2. The molecule has 0 fully saturated rings. The van der Waals surface area contributed by atoms with E-state index >= 15 is 0 Å². The molecule has 0 atom stereocenters. The summed E-state index contributed by atoms with van der Waals surface area (Å²) in [6.45, 7) is 4.87. The zero-order valence-electron chi connectivity index (χ0n) is 12.1. The highest BCUT2D eigenvalue weighted by molar-refractivity contribution is 7.13. The molecule has 3 heterocycles. The monoisotopic (exact) mass is 307 g/mol. The normalized spacial score (nSPS) is 15.0. The van der Waals surface area contributed by atoms with Gasteiger partial charge in [0.2, 0.25) is 0 Å². The van der Waals surface area contributed by atoms with Gasteiger partial charge in [-0.05, 0) is 12.5 Å². The molecule has 0 spiro atoms. The van der Waals surface area contributed by atoms with E-state index in [2.05, 4.69) is 20.2 Å². The van der Waals surface area contributed by atoms with Crippen LogP contribution >= 0.6 is 11.3 Å². The molecule has 21 heavy (non-hydrogen) atoms. The Morgan fingerprint density at radius 1 is 1.43 bits per heavy atom. The Morgan fingerprint density at radius 3 is 3.10 bits per heavy atom. The third-order valence-electron chi connectivity index (χ3n) is 3.39. The minimum atomic E-state index is -0.0647. The highest BCUT2D eigenvalue weighted by Gasteiger charge is 2.20. The number of hydrogen-bond donors (Lipinski definition) is 0. The fourth-order valence-corrected chi connectivity index (χ4v) is 3.15. The first-order valence-electron chi connectivity index (χ1n) is 6.89. The molecule has 0 bridgehead atoms. The van der Waals surface area contributed by atoms with E-state index < -0.39 is 0 Å². The molecule has 0 aromatic carbocycles. The second kappa shape index (κ2) is 5.90. The van der Waals surface area contributed by atoms with Gasteiger partial charge in [-0.1, -0.05) is 11.3 Å². The molecule has 0 amide bonds. The van der Waals surface area contributed by atoms with Crippen molar-refractivity contribution in [1.29, 1.82) is 0 Å². The highest BCUT2D eigenvalue weighted by Crippen LogP contribution is 2.22. The predicted octanol–water partition coefficient (Wildman–Crippen LogP) is 0.589. The number of fused-ring (bicyclic) bond motifs is 1. The van der Waals surface area contributed by atoms with Crippen LogP contribution in [0.25, 0.3) is 0 Å². The number of aromatic nitrogens is 4. The first-order chi connectivity index (χ1) is 10.2. The van der Waals surface area contributed by atoms with Gasteiger partial charge < -0.3 is 4.74 Å². The maximum absolute atomic E-state index is 11.7. The van der Waals surface area contributed by atoms with Gasteiger partial charge in [0.25, 0.3) is 10.8 Å². The number of ether oxygens (including phenoxy) is 1. The van der Waals surface area contributed by atoms with Gasteiger partial charge in [0.05, 0.1) is 18.8 Å². The number of rotatable bonds is 4. The van der Waals surface area contributed by atoms with Gasteiger partial charge in [-0.3, -0.25) is 9.69 Å². The summed E-state index contributed by atoms with van der Waals surface area (Å²) in [5, 5.41) is 14.0. The summed E-state index contributed by atoms with van der Waals surface area (Å²) in [5.74, 6) is 0. The maximum atomic E-state index is 11.7. The van der Waals surface area contributed by atoms with Crippen molar-refractivity contribution in [3.8, 4) is 5.19 Å². The molecule has 0 N–H and O–H groups in total. The molecule has 0 aliphatic carbocycles. The molecule has 0 saturated heterocycles. The largest absolute Gasteiger partial charge is 0.469 e. The van der Waals surface area contributed by atoms with Gasteiger partial charge in [0.1, 0.15) is 5.01 Å². The summed E-state index contributed by atoms with van der Waals surface area (Å²) in [7, 11) is 1.69. The van der Waals surface area contributed by atoms with Crippen molar-refractivity contribution in [3.05, 3.63) is 32.7 Å². The number of hydrogen-bond acceptors (Lipinski definition) is 7. The molecule has 0 unspecified atom stereocenters. The van der Waals surface area contributed by atoms with Crippen LogP contribution in [0.4, 0.5) is 0 Å². The van der Waals surface area contributed by atoms with E-state index in [0.29, 0.717) is 11.8 Å². The number of nitrogens with zero attached hydrogens (tertiary/aromatic N) is 5. The standard InChI is InChI=1S/C13H17N5O2S/c1-3-20-13-15-14-11(21-13)8-18-5-4-10-9(7-18)6-12(19)17(2)16-10/h6H,3-5,7-8H2,1-2H3. The van der Waals surface area contributed by atoms with Crippen molar-refractivity contribution in [3.63, 3.8) is 0 Å². The Bertz CT molecular complexity index is 696. The average molecular weight is 307 g/mol. The zero-order chi connectivity index (χ0) is 14.8. The molecule has 0 saturated carbocycles. The van der Waals surface area contributed by atoms with Gasteiger partial charge in [0.15, 0.2) is 0 Å². The van der Waals surface area contributed by atoms with Gasteiger partial charge in [-0.25, -0.2) is 4.68 Å². The van der Waals surface area contributed by atoms with Crippen LogP contribution < -0.4 is 10.3 Å². The van der Waals surface area contributed by atoms with Crippen LogP contribution in [-0.4, -0.2) is 38.0 Å². The minimum Gasteiger partial charge on any atom is -0.469 e. The second-order valence-corrected chi connectivity index (χ2v) is 5.96. The van der Waals surface area contributed by atoms with Crippen molar-refractivity contribution < 1.29 is 4.74 Å². The smallest absolute Gasteiger partial charge is 0.294 e. The summed E-state index contributed by atoms with van der Waals surface area (Å²) in [6.07, 6.45) is 0.848.